The van der Waals surface area contributed by atoms with Gasteiger partial charge < -0.3 is 4.90 Å². The van der Waals surface area contributed by atoms with E-state index >= 15 is 0 Å². The Morgan fingerprint density at radius 1 is 1.41 bits per heavy atom. The summed E-state index contributed by atoms with van der Waals surface area (Å²) in [6.07, 6.45) is 5.29. The lowest BCUT2D eigenvalue weighted by Crippen LogP contribution is -2.32. The maximum atomic E-state index is 8.92. The van der Waals surface area contributed by atoms with Crippen molar-refractivity contribution in [3.8, 4) is 6.07 Å². The van der Waals surface area contributed by atoms with Crippen LogP contribution in [0.15, 0.2) is 22.7 Å². The van der Waals surface area contributed by atoms with Gasteiger partial charge in [0, 0.05) is 22.7 Å². The van der Waals surface area contributed by atoms with E-state index in [2.05, 4.69) is 46.0 Å². The second-order valence-electron chi connectivity index (χ2n) is 4.50. The first-order valence-electron chi connectivity index (χ1n) is 6.22. The van der Waals surface area contributed by atoms with Gasteiger partial charge in [0.1, 0.15) is 6.07 Å². The molecule has 3 heteroatoms. The Balaban J connectivity index is 2.25. The van der Waals surface area contributed by atoms with Crippen molar-refractivity contribution < 1.29 is 0 Å². The molecule has 0 aromatic heterocycles. The lowest BCUT2D eigenvalue weighted by atomic mass is 10.1. The molecule has 0 heterocycles. The number of hydrogen-bond acceptors (Lipinski definition) is 2. The number of hydrogen-bond donors (Lipinski definition) is 0. The summed E-state index contributed by atoms with van der Waals surface area (Å²) in [5.74, 6) is 0. The number of nitriles is 1. The summed E-state index contributed by atoms with van der Waals surface area (Å²) in [7, 11) is 0. The molecule has 0 bridgehead atoms. The lowest BCUT2D eigenvalue weighted by Gasteiger charge is -2.30. The maximum Gasteiger partial charge on any atom is 0.100 e. The quantitative estimate of drug-likeness (QED) is 0.839. The Bertz CT molecular complexity index is 430. The molecule has 2 nitrogen and oxygen atoms in total. The van der Waals surface area contributed by atoms with Crippen LogP contribution in [0.1, 0.15) is 38.2 Å². The van der Waals surface area contributed by atoms with Gasteiger partial charge >= 0.3 is 0 Å². The van der Waals surface area contributed by atoms with Crippen molar-refractivity contribution in [3.63, 3.8) is 0 Å². The molecule has 0 N–H and O–H groups in total. The molecule has 90 valence electrons. The Labute approximate surface area is 111 Å². The molecule has 0 atom stereocenters. The zero-order valence-electron chi connectivity index (χ0n) is 10.1. The van der Waals surface area contributed by atoms with Gasteiger partial charge in [0.15, 0.2) is 0 Å². The predicted molar refractivity (Wildman–Crippen MR) is 74.1 cm³/mol. The molecule has 1 fully saturated rings. The molecule has 1 aromatic carbocycles. The van der Waals surface area contributed by atoms with Gasteiger partial charge in [-0.1, -0.05) is 12.8 Å². The van der Waals surface area contributed by atoms with Crippen LogP contribution in [0, 0.1) is 11.3 Å². The first-order chi connectivity index (χ1) is 8.26. The van der Waals surface area contributed by atoms with Crippen molar-refractivity contribution >= 4 is 21.6 Å². The van der Waals surface area contributed by atoms with E-state index in [0.717, 1.165) is 11.0 Å². The monoisotopic (exact) mass is 292 g/mol. The maximum absolute atomic E-state index is 8.92. The van der Waals surface area contributed by atoms with Gasteiger partial charge in [-0.25, -0.2) is 0 Å². The van der Waals surface area contributed by atoms with Crippen LogP contribution in [-0.4, -0.2) is 12.6 Å². The van der Waals surface area contributed by atoms with Crippen molar-refractivity contribution in [1.82, 2.24) is 0 Å². The van der Waals surface area contributed by atoms with Crippen LogP contribution < -0.4 is 4.90 Å². The minimum absolute atomic E-state index is 0.680. The minimum Gasteiger partial charge on any atom is -0.369 e. The summed E-state index contributed by atoms with van der Waals surface area (Å²) in [5.41, 5.74) is 1.93. The topological polar surface area (TPSA) is 27.0 Å². The molecule has 1 aromatic rings. The van der Waals surface area contributed by atoms with E-state index in [0.29, 0.717) is 11.6 Å². The van der Waals surface area contributed by atoms with Gasteiger partial charge in [0.05, 0.1) is 5.56 Å². The Morgan fingerprint density at radius 3 is 2.65 bits per heavy atom. The SMILES string of the molecule is CCN(c1ccc(C#N)c(Br)c1)C1CCCC1. The summed E-state index contributed by atoms with van der Waals surface area (Å²) >= 11 is 3.46. The van der Waals surface area contributed by atoms with Gasteiger partial charge in [0.25, 0.3) is 0 Å². The molecule has 1 aliphatic carbocycles. The predicted octanol–water partition coefficient (Wildman–Crippen LogP) is 4.09. The van der Waals surface area contributed by atoms with Gasteiger partial charge in [-0.05, 0) is 53.9 Å². The molecule has 0 aliphatic heterocycles. The fourth-order valence-corrected chi connectivity index (χ4v) is 3.10. The van der Waals surface area contributed by atoms with Crippen LogP contribution in [0.25, 0.3) is 0 Å². The number of anilines is 1. The Hall–Kier alpha value is -1.01. The fraction of sp³-hybridized carbons (Fsp3) is 0.500. The third kappa shape index (κ3) is 2.63. The molecule has 1 saturated carbocycles. The molecule has 0 radical (unpaired) electrons. The summed E-state index contributed by atoms with van der Waals surface area (Å²) in [5, 5.41) is 8.92. The number of rotatable bonds is 3. The zero-order valence-corrected chi connectivity index (χ0v) is 11.7. The van der Waals surface area contributed by atoms with Crippen molar-refractivity contribution in [2.75, 3.05) is 11.4 Å². The normalized spacial score (nSPS) is 15.8. The van der Waals surface area contributed by atoms with Crippen LogP contribution in [0.3, 0.4) is 0 Å². The highest BCUT2D eigenvalue weighted by molar-refractivity contribution is 9.10. The Morgan fingerprint density at radius 2 is 2.12 bits per heavy atom. The minimum atomic E-state index is 0.680. The van der Waals surface area contributed by atoms with E-state index in [-0.39, 0.29) is 0 Å². The smallest absolute Gasteiger partial charge is 0.100 e. The largest absolute Gasteiger partial charge is 0.369 e. The average Bonchev–Trinajstić information content (AvgIpc) is 2.84. The third-order valence-corrected chi connectivity index (χ3v) is 4.17. The molecular formula is C14H17BrN2. The summed E-state index contributed by atoms with van der Waals surface area (Å²) < 4.78 is 0.897. The average molecular weight is 293 g/mol. The molecule has 0 saturated heterocycles. The van der Waals surface area contributed by atoms with E-state index in [1.165, 1.54) is 31.4 Å². The molecule has 1 aliphatic rings. The highest BCUT2D eigenvalue weighted by atomic mass is 79.9. The number of halogens is 1. The first kappa shape index (κ1) is 12.4. The molecular weight excluding hydrogens is 276 g/mol. The van der Waals surface area contributed by atoms with Crippen molar-refractivity contribution in [3.05, 3.63) is 28.2 Å². The molecule has 0 spiro atoms. The Kier molecular flexibility index (Phi) is 4.06. The van der Waals surface area contributed by atoms with Crippen LogP contribution in [-0.2, 0) is 0 Å². The lowest BCUT2D eigenvalue weighted by molar-refractivity contribution is 0.620. The number of nitrogens with zero attached hydrogens (tertiary/aromatic N) is 2. The standard InChI is InChI=1S/C14H17BrN2/c1-2-17(12-5-3-4-6-12)13-8-7-11(10-16)14(15)9-13/h7-9,12H,2-6H2,1H3. The molecule has 0 unspecified atom stereocenters. The van der Waals surface area contributed by atoms with E-state index in [9.17, 15) is 0 Å². The summed E-state index contributed by atoms with van der Waals surface area (Å²) in [4.78, 5) is 2.46. The van der Waals surface area contributed by atoms with E-state index < -0.39 is 0 Å². The van der Waals surface area contributed by atoms with Crippen molar-refractivity contribution in [2.24, 2.45) is 0 Å². The van der Waals surface area contributed by atoms with E-state index in [1.807, 2.05) is 6.07 Å². The van der Waals surface area contributed by atoms with Gasteiger partial charge in [-0.15, -0.1) is 0 Å². The molecule has 17 heavy (non-hydrogen) atoms. The highest BCUT2D eigenvalue weighted by Gasteiger charge is 2.21. The van der Waals surface area contributed by atoms with Gasteiger partial charge in [-0.3, -0.25) is 0 Å². The van der Waals surface area contributed by atoms with Crippen LogP contribution in [0.5, 0.6) is 0 Å². The highest BCUT2D eigenvalue weighted by Crippen LogP contribution is 2.30. The molecule has 2 rings (SSSR count). The number of benzene rings is 1. The third-order valence-electron chi connectivity index (χ3n) is 3.51. The summed E-state index contributed by atoms with van der Waals surface area (Å²) in [6.45, 7) is 3.23. The van der Waals surface area contributed by atoms with Crippen LogP contribution in [0.4, 0.5) is 5.69 Å². The summed E-state index contributed by atoms with van der Waals surface area (Å²) in [6, 6.07) is 8.89. The van der Waals surface area contributed by atoms with Crippen LogP contribution >= 0.6 is 15.9 Å². The second-order valence-corrected chi connectivity index (χ2v) is 5.35. The van der Waals surface area contributed by atoms with Crippen molar-refractivity contribution in [2.45, 2.75) is 38.6 Å². The van der Waals surface area contributed by atoms with E-state index in [4.69, 9.17) is 5.26 Å². The molecule has 0 amide bonds. The van der Waals surface area contributed by atoms with E-state index in [1.54, 1.807) is 0 Å². The van der Waals surface area contributed by atoms with Crippen molar-refractivity contribution in [1.29, 1.82) is 5.26 Å². The zero-order chi connectivity index (χ0) is 12.3. The fourth-order valence-electron chi connectivity index (χ4n) is 2.64. The first-order valence-corrected chi connectivity index (χ1v) is 7.02. The van der Waals surface area contributed by atoms with Gasteiger partial charge in [-0.2, -0.15) is 5.26 Å². The second kappa shape index (κ2) is 5.55. The van der Waals surface area contributed by atoms with Crippen LogP contribution in [0.2, 0.25) is 0 Å². The van der Waals surface area contributed by atoms with Gasteiger partial charge in [0.2, 0.25) is 0 Å².